The van der Waals surface area contributed by atoms with Gasteiger partial charge in [0, 0.05) is 25.6 Å². The smallest absolute Gasteiger partial charge is 0.244 e. The van der Waals surface area contributed by atoms with E-state index in [4.69, 9.17) is 9.47 Å². The summed E-state index contributed by atoms with van der Waals surface area (Å²) in [5, 5.41) is 0. The third kappa shape index (κ3) is 4.17. The molecule has 0 spiro atoms. The van der Waals surface area contributed by atoms with Crippen LogP contribution in [0.2, 0.25) is 0 Å². The molecule has 1 saturated heterocycles. The van der Waals surface area contributed by atoms with Gasteiger partial charge in [-0.05, 0) is 56.5 Å². The van der Waals surface area contributed by atoms with Crippen LogP contribution in [-0.4, -0.2) is 48.6 Å². The number of fused-ring (bicyclic) bond motifs is 1. The third-order valence-corrected chi connectivity index (χ3v) is 6.21. The molecule has 1 fully saturated rings. The number of benzene rings is 2. The molecule has 2 aromatic carbocycles. The molecule has 160 valence electrons. The molecule has 2 aromatic rings. The molecule has 2 aliphatic rings. The molecule has 1 amide bonds. The SMILES string of the molecule is CCN(CC)C(=O)[C@H](c1ccccc1)N1CCC[C@@H]1c1ccc2c(c1)OCCCO2. The fourth-order valence-corrected chi connectivity index (χ4v) is 4.66. The molecule has 4 rings (SSSR count). The Hall–Kier alpha value is -2.53. The maximum atomic E-state index is 13.6. The second-order valence-electron chi connectivity index (χ2n) is 7.98. The predicted octanol–water partition coefficient (Wildman–Crippen LogP) is 4.59. The Bertz CT molecular complexity index is 851. The molecule has 2 atom stereocenters. The molecule has 0 N–H and O–H groups in total. The molecule has 0 unspecified atom stereocenters. The minimum Gasteiger partial charge on any atom is -0.490 e. The van der Waals surface area contributed by atoms with Gasteiger partial charge in [-0.25, -0.2) is 0 Å². The van der Waals surface area contributed by atoms with Gasteiger partial charge in [0.2, 0.25) is 5.91 Å². The number of carbonyl (C=O) groups excluding carboxylic acids is 1. The van der Waals surface area contributed by atoms with Crippen molar-refractivity contribution in [2.24, 2.45) is 0 Å². The van der Waals surface area contributed by atoms with Gasteiger partial charge < -0.3 is 14.4 Å². The van der Waals surface area contributed by atoms with E-state index in [1.807, 2.05) is 29.2 Å². The maximum Gasteiger partial charge on any atom is 0.244 e. The van der Waals surface area contributed by atoms with Crippen LogP contribution in [-0.2, 0) is 4.79 Å². The highest BCUT2D eigenvalue weighted by atomic mass is 16.5. The standard InChI is InChI=1S/C25H32N2O3/c1-3-26(4-2)25(28)24(19-10-6-5-7-11-19)27-15-8-12-21(27)20-13-14-22-23(18-20)30-17-9-16-29-22/h5-7,10-11,13-14,18,21,24H,3-4,8-9,12,15-17H2,1-2H3/t21-,24+/m1/s1. The van der Waals surface area contributed by atoms with Gasteiger partial charge in [0.15, 0.2) is 11.5 Å². The lowest BCUT2D eigenvalue weighted by atomic mass is 9.98. The zero-order valence-corrected chi connectivity index (χ0v) is 18.0. The van der Waals surface area contributed by atoms with Crippen molar-refractivity contribution in [1.82, 2.24) is 9.80 Å². The van der Waals surface area contributed by atoms with Crippen molar-refractivity contribution in [3.8, 4) is 11.5 Å². The number of rotatable bonds is 6. The summed E-state index contributed by atoms with van der Waals surface area (Å²) in [6, 6.07) is 16.4. The zero-order chi connectivity index (χ0) is 20.9. The van der Waals surface area contributed by atoms with Crippen LogP contribution in [0.3, 0.4) is 0 Å². The second-order valence-corrected chi connectivity index (χ2v) is 7.98. The Kier molecular flexibility index (Phi) is 6.58. The number of ether oxygens (including phenoxy) is 2. The predicted molar refractivity (Wildman–Crippen MR) is 118 cm³/mol. The van der Waals surface area contributed by atoms with Crippen LogP contribution in [0.5, 0.6) is 11.5 Å². The molecular weight excluding hydrogens is 376 g/mol. The quantitative estimate of drug-likeness (QED) is 0.701. The highest BCUT2D eigenvalue weighted by Crippen LogP contribution is 2.42. The van der Waals surface area contributed by atoms with Crippen LogP contribution in [0.25, 0.3) is 0 Å². The summed E-state index contributed by atoms with van der Waals surface area (Å²) in [4.78, 5) is 17.9. The minimum absolute atomic E-state index is 0.187. The summed E-state index contributed by atoms with van der Waals surface area (Å²) in [7, 11) is 0. The number of nitrogens with zero attached hydrogens (tertiary/aromatic N) is 2. The largest absolute Gasteiger partial charge is 0.490 e. The average molecular weight is 409 g/mol. The van der Waals surface area contributed by atoms with Crippen LogP contribution in [0, 0.1) is 0 Å². The topological polar surface area (TPSA) is 42.0 Å². The van der Waals surface area contributed by atoms with E-state index in [-0.39, 0.29) is 18.0 Å². The Morgan fingerprint density at radius 2 is 1.77 bits per heavy atom. The van der Waals surface area contributed by atoms with E-state index in [1.54, 1.807) is 0 Å². The highest BCUT2D eigenvalue weighted by molar-refractivity contribution is 5.83. The summed E-state index contributed by atoms with van der Waals surface area (Å²) in [6.07, 6.45) is 3.01. The van der Waals surface area contributed by atoms with Crippen molar-refractivity contribution >= 4 is 5.91 Å². The van der Waals surface area contributed by atoms with Crippen molar-refractivity contribution in [3.63, 3.8) is 0 Å². The molecule has 2 heterocycles. The third-order valence-electron chi connectivity index (χ3n) is 6.21. The van der Waals surface area contributed by atoms with E-state index >= 15 is 0 Å². The van der Waals surface area contributed by atoms with Gasteiger partial charge in [-0.3, -0.25) is 9.69 Å². The van der Waals surface area contributed by atoms with Gasteiger partial charge in [0.05, 0.1) is 13.2 Å². The van der Waals surface area contributed by atoms with E-state index < -0.39 is 0 Å². The summed E-state index contributed by atoms with van der Waals surface area (Å²) in [5.41, 5.74) is 2.26. The first-order valence-electron chi connectivity index (χ1n) is 11.2. The fourth-order valence-electron chi connectivity index (χ4n) is 4.66. The molecule has 0 aliphatic carbocycles. The molecule has 30 heavy (non-hydrogen) atoms. The molecule has 0 aromatic heterocycles. The monoisotopic (exact) mass is 408 g/mol. The number of hydrogen-bond acceptors (Lipinski definition) is 4. The van der Waals surface area contributed by atoms with Crippen molar-refractivity contribution in [1.29, 1.82) is 0 Å². The van der Waals surface area contributed by atoms with E-state index in [0.717, 1.165) is 56.0 Å². The first kappa shape index (κ1) is 20.7. The van der Waals surface area contributed by atoms with Gasteiger partial charge in [0.1, 0.15) is 6.04 Å². The van der Waals surface area contributed by atoms with Crippen LogP contribution in [0.15, 0.2) is 48.5 Å². The lowest BCUT2D eigenvalue weighted by Gasteiger charge is -2.36. The van der Waals surface area contributed by atoms with Crippen molar-refractivity contribution < 1.29 is 14.3 Å². The van der Waals surface area contributed by atoms with Crippen molar-refractivity contribution in [2.45, 2.75) is 45.2 Å². The van der Waals surface area contributed by atoms with Gasteiger partial charge in [-0.2, -0.15) is 0 Å². The molecule has 0 radical (unpaired) electrons. The molecular formula is C25H32N2O3. The number of likely N-dealkylation sites (tertiary alicyclic amines) is 1. The molecule has 0 saturated carbocycles. The van der Waals surface area contributed by atoms with Crippen LogP contribution in [0.1, 0.15) is 56.3 Å². The van der Waals surface area contributed by atoms with Crippen molar-refractivity contribution in [3.05, 3.63) is 59.7 Å². The van der Waals surface area contributed by atoms with E-state index in [0.29, 0.717) is 13.2 Å². The number of hydrogen-bond donors (Lipinski definition) is 0. The maximum absolute atomic E-state index is 13.6. The van der Waals surface area contributed by atoms with Crippen LogP contribution in [0.4, 0.5) is 0 Å². The van der Waals surface area contributed by atoms with Crippen molar-refractivity contribution in [2.75, 3.05) is 32.8 Å². The number of amides is 1. The molecule has 0 bridgehead atoms. The number of likely N-dealkylation sites (N-methyl/N-ethyl adjacent to an activating group) is 1. The normalized spacial score (nSPS) is 19.9. The number of carbonyl (C=O) groups is 1. The second kappa shape index (κ2) is 9.52. The zero-order valence-electron chi connectivity index (χ0n) is 18.0. The lowest BCUT2D eigenvalue weighted by molar-refractivity contribution is -0.137. The molecule has 5 nitrogen and oxygen atoms in total. The van der Waals surface area contributed by atoms with Gasteiger partial charge in [0.25, 0.3) is 0 Å². The average Bonchev–Trinajstić information content (AvgIpc) is 3.13. The molecule has 2 aliphatic heterocycles. The van der Waals surface area contributed by atoms with Gasteiger partial charge >= 0.3 is 0 Å². The van der Waals surface area contributed by atoms with E-state index in [1.165, 1.54) is 5.56 Å². The van der Waals surface area contributed by atoms with Gasteiger partial charge in [-0.1, -0.05) is 36.4 Å². The summed E-state index contributed by atoms with van der Waals surface area (Å²) < 4.78 is 11.7. The first-order chi connectivity index (χ1) is 14.7. The van der Waals surface area contributed by atoms with Crippen LogP contribution < -0.4 is 9.47 Å². The fraction of sp³-hybridized carbons (Fsp3) is 0.480. The molecule has 5 heteroatoms. The Morgan fingerprint density at radius 3 is 2.50 bits per heavy atom. The Balaban J connectivity index is 1.68. The van der Waals surface area contributed by atoms with Crippen LogP contribution >= 0.6 is 0 Å². The summed E-state index contributed by atoms with van der Waals surface area (Å²) in [5.74, 6) is 1.83. The Labute approximate surface area is 179 Å². The van der Waals surface area contributed by atoms with E-state index in [9.17, 15) is 4.79 Å². The highest BCUT2D eigenvalue weighted by Gasteiger charge is 2.38. The Morgan fingerprint density at radius 1 is 1.03 bits per heavy atom. The van der Waals surface area contributed by atoms with Gasteiger partial charge in [-0.15, -0.1) is 0 Å². The first-order valence-corrected chi connectivity index (χ1v) is 11.2. The van der Waals surface area contributed by atoms with E-state index in [2.05, 4.69) is 43.0 Å². The minimum atomic E-state index is -0.269. The lowest BCUT2D eigenvalue weighted by Crippen LogP contribution is -2.42. The summed E-state index contributed by atoms with van der Waals surface area (Å²) >= 11 is 0. The summed E-state index contributed by atoms with van der Waals surface area (Å²) in [6.45, 7) is 7.83.